The van der Waals surface area contributed by atoms with Crippen molar-refractivity contribution in [3.8, 4) is 5.75 Å². The van der Waals surface area contributed by atoms with E-state index >= 15 is 0 Å². The van der Waals surface area contributed by atoms with E-state index in [1.165, 1.54) is 5.56 Å². The Morgan fingerprint density at radius 3 is 2.25 bits per heavy atom. The molecule has 0 aromatic heterocycles. The number of carbonyl (C=O) groups excluding carboxylic acids is 2. The quantitative estimate of drug-likeness (QED) is 0.670. The molecule has 2 amide bonds. The van der Waals surface area contributed by atoms with E-state index in [1.54, 1.807) is 13.2 Å². The molecule has 2 aromatic carbocycles. The third kappa shape index (κ3) is 4.38. The Kier molecular flexibility index (Phi) is 6.26. The molecule has 0 N–H and O–H groups in total. The van der Waals surface area contributed by atoms with Gasteiger partial charge in [0.25, 0.3) is 11.8 Å². The van der Waals surface area contributed by atoms with E-state index in [0.29, 0.717) is 24.4 Å². The normalized spacial score (nSPS) is 18.1. The Bertz CT molecular complexity index is 989. The van der Waals surface area contributed by atoms with Gasteiger partial charge >= 0.3 is 0 Å². The van der Waals surface area contributed by atoms with Crippen molar-refractivity contribution in [2.45, 2.75) is 43.9 Å². The Morgan fingerprint density at radius 2 is 1.62 bits per heavy atom. The number of rotatable bonds is 3. The van der Waals surface area contributed by atoms with Crippen molar-refractivity contribution in [1.29, 1.82) is 0 Å². The third-order valence-electron chi connectivity index (χ3n) is 6.57. The Hall–Kier alpha value is -2.47. The highest BCUT2D eigenvalue weighted by Crippen LogP contribution is 2.44. The molecule has 2 aliphatic heterocycles. The number of ether oxygens (including phenoxy) is 1. The summed E-state index contributed by atoms with van der Waals surface area (Å²) in [5.41, 5.74) is 2.68. The van der Waals surface area contributed by atoms with Crippen LogP contribution in [0.15, 0.2) is 48.5 Å². The predicted octanol–water partition coefficient (Wildman–Crippen LogP) is 4.81. The molecular formula is C26H32N2O3S. The van der Waals surface area contributed by atoms with Crippen LogP contribution < -0.4 is 4.74 Å². The lowest BCUT2D eigenvalue weighted by Crippen LogP contribution is -2.53. The monoisotopic (exact) mass is 452 g/mol. The highest BCUT2D eigenvalue weighted by Gasteiger charge is 2.47. The number of methoxy groups -OCH3 is 1. The van der Waals surface area contributed by atoms with Crippen LogP contribution in [-0.2, 0) is 5.41 Å². The van der Waals surface area contributed by atoms with Crippen LogP contribution >= 0.6 is 11.8 Å². The van der Waals surface area contributed by atoms with E-state index in [0.717, 1.165) is 30.7 Å². The number of hydrogen-bond acceptors (Lipinski definition) is 4. The van der Waals surface area contributed by atoms with Crippen LogP contribution in [0.5, 0.6) is 5.75 Å². The molecule has 1 spiro atoms. The van der Waals surface area contributed by atoms with Gasteiger partial charge in [0.15, 0.2) is 0 Å². The lowest BCUT2D eigenvalue weighted by atomic mass is 9.86. The van der Waals surface area contributed by atoms with Gasteiger partial charge < -0.3 is 14.5 Å². The fourth-order valence-electron chi connectivity index (χ4n) is 4.58. The number of amides is 2. The molecule has 0 unspecified atom stereocenters. The number of likely N-dealkylation sites (tertiary alicyclic amines) is 1. The summed E-state index contributed by atoms with van der Waals surface area (Å²) in [7, 11) is 1.60. The van der Waals surface area contributed by atoms with E-state index in [4.69, 9.17) is 4.74 Å². The van der Waals surface area contributed by atoms with Gasteiger partial charge in [0.2, 0.25) is 0 Å². The second-order valence-corrected chi connectivity index (χ2v) is 11.1. The number of hydrogen-bond donors (Lipinski definition) is 0. The Labute approximate surface area is 195 Å². The molecule has 2 aromatic rings. The van der Waals surface area contributed by atoms with Gasteiger partial charge in [-0.1, -0.05) is 39.0 Å². The molecule has 0 bridgehead atoms. The summed E-state index contributed by atoms with van der Waals surface area (Å²) < 4.78 is 5.26. The number of piperidine rings is 1. The van der Waals surface area contributed by atoms with Crippen LogP contribution in [-0.4, -0.2) is 59.0 Å². The number of thioether (sulfide) groups is 1. The first kappa shape index (κ1) is 22.7. The number of carbonyl (C=O) groups is 2. The van der Waals surface area contributed by atoms with Crippen LogP contribution in [0.2, 0.25) is 0 Å². The lowest BCUT2D eigenvalue weighted by molar-refractivity contribution is 0.0497. The van der Waals surface area contributed by atoms with Crippen molar-refractivity contribution in [2.24, 2.45) is 0 Å². The van der Waals surface area contributed by atoms with Crippen molar-refractivity contribution in [1.82, 2.24) is 9.80 Å². The average Bonchev–Trinajstić information content (AvgIpc) is 3.21. The summed E-state index contributed by atoms with van der Waals surface area (Å²) in [5, 5.41) is 0. The van der Waals surface area contributed by atoms with Crippen LogP contribution in [0.1, 0.15) is 59.9 Å². The van der Waals surface area contributed by atoms with Gasteiger partial charge in [-0.25, -0.2) is 0 Å². The highest BCUT2D eigenvalue weighted by molar-refractivity contribution is 8.00. The second-order valence-electron chi connectivity index (χ2n) is 9.60. The van der Waals surface area contributed by atoms with E-state index in [1.807, 2.05) is 47.0 Å². The minimum atomic E-state index is -0.217. The van der Waals surface area contributed by atoms with Crippen LogP contribution in [0.3, 0.4) is 0 Å². The summed E-state index contributed by atoms with van der Waals surface area (Å²) in [6, 6.07) is 15.4. The SMILES string of the molecule is COc1cccc(C(=O)N2CCC3(CC2)SCCN3C(=O)c2ccc(C(C)(C)C)cc2)c1. The first-order valence-electron chi connectivity index (χ1n) is 11.2. The molecule has 0 radical (unpaired) electrons. The number of nitrogens with zero attached hydrogens (tertiary/aromatic N) is 2. The molecule has 0 aliphatic carbocycles. The lowest BCUT2D eigenvalue weighted by Gasteiger charge is -2.44. The zero-order valence-corrected chi connectivity index (χ0v) is 20.2. The molecule has 6 heteroatoms. The van der Waals surface area contributed by atoms with E-state index < -0.39 is 0 Å². The summed E-state index contributed by atoms with van der Waals surface area (Å²) in [4.78, 5) is 30.1. The topological polar surface area (TPSA) is 49.9 Å². The Balaban J connectivity index is 1.45. The van der Waals surface area contributed by atoms with E-state index in [2.05, 4.69) is 37.8 Å². The molecule has 2 fully saturated rings. The number of benzene rings is 2. The maximum Gasteiger partial charge on any atom is 0.254 e. The van der Waals surface area contributed by atoms with Crippen LogP contribution in [0.4, 0.5) is 0 Å². The predicted molar refractivity (Wildman–Crippen MR) is 129 cm³/mol. The molecular weight excluding hydrogens is 420 g/mol. The molecule has 0 saturated carbocycles. The zero-order chi connectivity index (χ0) is 22.9. The first-order valence-corrected chi connectivity index (χ1v) is 12.2. The van der Waals surface area contributed by atoms with Gasteiger partial charge in [-0.05, 0) is 54.2 Å². The average molecular weight is 453 g/mol. The van der Waals surface area contributed by atoms with Gasteiger partial charge in [0, 0.05) is 36.5 Å². The van der Waals surface area contributed by atoms with Gasteiger partial charge in [0.1, 0.15) is 5.75 Å². The van der Waals surface area contributed by atoms with Crippen LogP contribution in [0, 0.1) is 0 Å². The summed E-state index contributed by atoms with van der Waals surface area (Å²) >= 11 is 1.87. The summed E-state index contributed by atoms with van der Waals surface area (Å²) in [6.45, 7) is 8.59. The van der Waals surface area contributed by atoms with E-state index in [-0.39, 0.29) is 22.1 Å². The van der Waals surface area contributed by atoms with Gasteiger partial charge in [-0.3, -0.25) is 9.59 Å². The van der Waals surface area contributed by atoms with Crippen molar-refractivity contribution in [3.05, 3.63) is 65.2 Å². The maximum absolute atomic E-state index is 13.4. The smallest absolute Gasteiger partial charge is 0.254 e. The third-order valence-corrected chi connectivity index (χ3v) is 8.12. The fraction of sp³-hybridized carbons (Fsp3) is 0.462. The summed E-state index contributed by atoms with van der Waals surface area (Å²) in [5.74, 6) is 1.75. The minimum Gasteiger partial charge on any atom is -0.497 e. The first-order chi connectivity index (χ1) is 15.2. The van der Waals surface area contributed by atoms with Crippen molar-refractivity contribution >= 4 is 23.6 Å². The van der Waals surface area contributed by atoms with Crippen molar-refractivity contribution in [3.63, 3.8) is 0 Å². The maximum atomic E-state index is 13.4. The molecule has 2 aliphatic rings. The molecule has 2 saturated heterocycles. The standard InChI is InChI=1S/C26H32N2O3S/c1-25(2,3)21-10-8-19(9-11-21)24(30)28-16-17-32-26(28)12-14-27(15-13-26)23(29)20-6-5-7-22(18-20)31-4/h5-11,18H,12-17H2,1-4H3. The highest BCUT2D eigenvalue weighted by atomic mass is 32.2. The molecule has 5 nitrogen and oxygen atoms in total. The summed E-state index contributed by atoms with van der Waals surface area (Å²) in [6.07, 6.45) is 1.58. The largest absolute Gasteiger partial charge is 0.497 e. The van der Waals surface area contributed by atoms with E-state index in [9.17, 15) is 9.59 Å². The fourth-order valence-corrected chi connectivity index (χ4v) is 6.03. The van der Waals surface area contributed by atoms with Gasteiger partial charge in [-0.2, -0.15) is 0 Å². The minimum absolute atomic E-state index is 0.0254. The molecule has 2 heterocycles. The van der Waals surface area contributed by atoms with Gasteiger partial charge in [0.05, 0.1) is 12.0 Å². The molecule has 32 heavy (non-hydrogen) atoms. The zero-order valence-electron chi connectivity index (χ0n) is 19.4. The second kappa shape index (κ2) is 8.81. The van der Waals surface area contributed by atoms with Crippen molar-refractivity contribution in [2.75, 3.05) is 32.5 Å². The Morgan fingerprint density at radius 1 is 0.938 bits per heavy atom. The molecule has 170 valence electrons. The van der Waals surface area contributed by atoms with Crippen molar-refractivity contribution < 1.29 is 14.3 Å². The molecule has 0 atom stereocenters. The van der Waals surface area contributed by atoms with Crippen LogP contribution in [0.25, 0.3) is 0 Å². The molecule has 4 rings (SSSR count). The van der Waals surface area contributed by atoms with Gasteiger partial charge in [-0.15, -0.1) is 11.8 Å².